The number of aryl methyl sites for hydroxylation is 1. The van der Waals surface area contributed by atoms with Crippen LogP contribution in [0.2, 0.25) is 0 Å². The zero-order valence-corrected chi connectivity index (χ0v) is 10.3. The van der Waals surface area contributed by atoms with Crippen molar-refractivity contribution < 1.29 is 9.66 Å². The highest BCUT2D eigenvalue weighted by atomic mass is 16.6. The minimum Gasteiger partial charge on any atom is -0.472 e. The maximum Gasteiger partial charge on any atom is 0.352 e. The van der Waals surface area contributed by atoms with Crippen LogP contribution in [0.15, 0.2) is 0 Å². The average Bonchev–Trinajstić information content (AvgIpc) is 2.77. The van der Waals surface area contributed by atoms with Gasteiger partial charge in [0.15, 0.2) is 0 Å². The number of nitrogens with two attached hydrogens (primary N) is 1. The van der Waals surface area contributed by atoms with Crippen LogP contribution in [0, 0.1) is 23.0 Å². The molecule has 1 aromatic rings. The molecule has 0 spiro atoms. The SMILES string of the molecule is Cc1nc(N)nc(OCC2CCCC2)c1[N+](=O)[O-]. The van der Waals surface area contributed by atoms with E-state index >= 15 is 0 Å². The lowest BCUT2D eigenvalue weighted by Gasteiger charge is -2.11. The summed E-state index contributed by atoms with van der Waals surface area (Å²) in [7, 11) is 0. The number of rotatable bonds is 4. The van der Waals surface area contributed by atoms with Crippen LogP contribution in [0.3, 0.4) is 0 Å². The average molecular weight is 252 g/mol. The third kappa shape index (κ3) is 2.66. The summed E-state index contributed by atoms with van der Waals surface area (Å²) in [5.41, 5.74) is 5.53. The molecule has 0 atom stereocenters. The predicted octanol–water partition coefficient (Wildman–Crippen LogP) is 1.84. The Hall–Kier alpha value is -1.92. The zero-order chi connectivity index (χ0) is 13.1. The summed E-state index contributed by atoms with van der Waals surface area (Å²) in [4.78, 5) is 18.0. The first-order valence-corrected chi connectivity index (χ1v) is 5.99. The second kappa shape index (κ2) is 5.16. The summed E-state index contributed by atoms with van der Waals surface area (Å²) in [6.07, 6.45) is 4.60. The molecule has 2 N–H and O–H groups in total. The van der Waals surface area contributed by atoms with Gasteiger partial charge >= 0.3 is 5.69 Å². The van der Waals surface area contributed by atoms with Crippen molar-refractivity contribution in [3.63, 3.8) is 0 Å². The van der Waals surface area contributed by atoms with E-state index in [1.54, 1.807) is 0 Å². The molecule has 1 aliphatic rings. The molecule has 7 nitrogen and oxygen atoms in total. The normalized spacial score (nSPS) is 15.8. The van der Waals surface area contributed by atoms with Crippen molar-refractivity contribution >= 4 is 11.6 Å². The molecule has 0 radical (unpaired) electrons. The Balaban J connectivity index is 2.16. The molecule has 0 unspecified atom stereocenters. The first-order valence-electron chi connectivity index (χ1n) is 5.99. The number of anilines is 1. The van der Waals surface area contributed by atoms with E-state index in [1.165, 1.54) is 19.8 Å². The zero-order valence-electron chi connectivity index (χ0n) is 10.3. The maximum absolute atomic E-state index is 11.0. The Kier molecular flexibility index (Phi) is 3.59. The standard InChI is InChI=1S/C11H16N4O3/c1-7-9(15(16)17)10(14-11(12)13-7)18-6-8-4-2-3-5-8/h8H,2-6H2,1H3,(H2,12,13,14). The van der Waals surface area contributed by atoms with Crippen molar-refractivity contribution in [3.05, 3.63) is 15.8 Å². The fourth-order valence-corrected chi connectivity index (χ4v) is 2.25. The first kappa shape index (κ1) is 12.5. The molecule has 0 bridgehead atoms. The summed E-state index contributed by atoms with van der Waals surface area (Å²) < 4.78 is 5.47. The molecule has 2 rings (SSSR count). The lowest BCUT2D eigenvalue weighted by atomic mass is 10.1. The van der Waals surface area contributed by atoms with Gasteiger partial charge in [-0.25, -0.2) is 4.98 Å². The van der Waals surface area contributed by atoms with E-state index in [1.807, 2.05) is 0 Å². The van der Waals surface area contributed by atoms with Gasteiger partial charge in [0.2, 0.25) is 5.95 Å². The van der Waals surface area contributed by atoms with Gasteiger partial charge in [0.25, 0.3) is 5.88 Å². The van der Waals surface area contributed by atoms with Crippen molar-refractivity contribution in [2.45, 2.75) is 32.6 Å². The molecular formula is C11H16N4O3. The van der Waals surface area contributed by atoms with Crippen LogP contribution in [-0.2, 0) is 0 Å². The highest BCUT2D eigenvalue weighted by Gasteiger charge is 2.24. The van der Waals surface area contributed by atoms with Crippen molar-refractivity contribution in [1.29, 1.82) is 0 Å². The summed E-state index contributed by atoms with van der Waals surface area (Å²) in [6, 6.07) is 0. The van der Waals surface area contributed by atoms with Gasteiger partial charge in [-0.2, -0.15) is 4.98 Å². The van der Waals surface area contributed by atoms with Crippen LogP contribution >= 0.6 is 0 Å². The van der Waals surface area contributed by atoms with Crippen LogP contribution in [0.25, 0.3) is 0 Å². The van der Waals surface area contributed by atoms with Gasteiger partial charge in [-0.3, -0.25) is 10.1 Å². The number of ether oxygens (including phenoxy) is 1. The van der Waals surface area contributed by atoms with E-state index < -0.39 is 4.92 Å². The monoisotopic (exact) mass is 252 g/mol. The smallest absolute Gasteiger partial charge is 0.352 e. The highest BCUT2D eigenvalue weighted by Crippen LogP contribution is 2.30. The van der Waals surface area contributed by atoms with E-state index in [9.17, 15) is 10.1 Å². The third-order valence-corrected chi connectivity index (χ3v) is 3.16. The van der Waals surface area contributed by atoms with Crippen LogP contribution in [-0.4, -0.2) is 21.5 Å². The Morgan fingerprint density at radius 3 is 2.72 bits per heavy atom. The van der Waals surface area contributed by atoms with Crippen molar-refractivity contribution in [2.24, 2.45) is 5.92 Å². The molecule has 0 aromatic carbocycles. The molecule has 1 fully saturated rings. The Bertz CT molecular complexity index is 458. The number of nitro groups is 1. The Morgan fingerprint density at radius 1 is 1.44 bits per heavy atom. The fraction of sp³-hybridized carbons (Fsp3) is 0.636. The first-order chi connectivity index (χ1) is 8.58. The minimum absolute atomic E-state index is 0.000443. The summed E-state index contributed by atoms with van der Waals surface area (Å²) in [5, 5.41) is 11.0. The Morgan fingerprint density at radius 2 is 2.11 bits per heavy atom. The molecule has 0 saturated heterocycles. The van der Waals surface area contributed by atoms with Gasteiger partial charge in [-0.1, -0.05) is 12.8 Å². The van der Waals surface area contributed by atoms with E-state index in [-0.39, 0.29) is 23.2 Å². The van der Waals surface area contributed by atoms with Gasteiger partial charge in [0, 0.05) is 0 Å². The van der Waals surface area contributed by atoms with Crippen LogP contribution in [0.1, 0.15) is 31.4 Å². The van der Waals surface area contributed by atoms with E-state index in [0.717, 1.165) is 12.8 Å². The number of nitrogens with zero attached hydrogens (tertiary/aromatic N) is 3. The number of nitrogen functional groups attached to an aromatic ring is 1. The fourth-order valence-electron chi connectivity index (χ4n) is 2.25. The van der Waals surface area contributed by atoms with Crippen molar-refractivity contribution in [2.75, 3.05) is 12.3 Å². The summed E-state index contributed by atoms with van der Waals surface area (Å²) in [5.74, 6) is 0.442. The van der Waals surface area contributed by atoms with Gasteiger partial charge in [0.1, 0.15) is 5.69 Å². The quantitative estimate of drug-likeness (QED) is 0.647. The minimum atomic E-state index is -0.529. The molecule has 0 amide bonds. The maximum atomic E-state index is 11.0. The van der Waals surface area contributed by atoms with Gasteiger partial charge in [-0.05, 0) is 25.7 Å². The van der Waals surface area contributed by atoms with Crippen LogP contribution in [0.4, 0.5) is 11.6 Å². The van der Waals surface area contributed by atoms with Crippen molar-refractivity contribution in [3.8, 4) is 5.88 Å². The molecule has 18 heavy (non-hydrogen) atoms. The van der Waals surface area contributed by atoms with Crippen molar-refractivity contribution in [1.82, 2.24) is 9.97 Å². The molecule has 98 valence electrons. The van der Waals surface area contributed by atoms with E-state index in [2.05, 4.69) is 9.97 Å². The van der Waals surface area contributed by atoms with Gasteiger partial charge in [-0.15, -0.1) is 0 Å². The largest absolute Gasteiger partial charge is 0.472 e. The predicted molar refractivity (Wildman–Crippen MR) is 65.3 cm³/mol. The summed E-state index contributed by atoms with van der Waals surface area (Å²) in [6.45, 7) is 1.98. The van der Waals surface area contributed by atoms with Gasteiger partial charge in [0.05, 0.1) is 11.5 Å². The number of hydrogen-bond donors (Lipinski definition) is 1. The topological polar surface area (TPSA) is 104 Å². The molecular weight excluding hydrogens is 236 g/mol. The lowest BCUT2D eigenvalue weighted by Crippen LogP contribution is -2.12. The summed E-state index contributed by atoms with van der Waals surface area (Å²) >= 11 is 0. The molecule has 0 aliphatic heterocycles. The molecule has 7 heteroatoms. The molecule has 1 aliphatic carbocycles. The number of aromatic nitrogens is 2. The second-order valence-corrected chi connectivity index (χ2v) is 4.54. The third-order valence-electron chi connectivity index (χ3n) is 3.16. The van der Waals surface area contributed by atoms with E-state index in [4.69, 9.17) is 10.5 Å². The molecule has 1 aromatic heterocycles. The van der Waals surface area contributed by atoms with E-state index in [0.29, 0.717) is 12.5 Å². The van der Waals surface area contributed by atoms with Crippen LogP contribution < -0.4 is 10.5 Å². The van der Waals surface area contributed by atoms with Crippen LogP contribution in [0.5, 0.6) is 5.88 Å². The Labute approximate surface area is 105 Å². The molecule has 1 heterocycles. The lowest BCUT2D eigenvalue weighted by molar-refractivity contribution is -0.387. The van der Waals surface area contributed by atoms with Gasteiger partial charge < -0.3 is 10.5 Å². The highest BCUT2D eigenvalue weighted by molar-refractivity contribution is 5.47. The second-order valence-electron chi connectivity index (χ2n) is 4.54. The number of hydrogen-bond acceptors (Lipinski definition) is 6. The molecule has 1 saturated carbocycles.